The van der Waals surface area contributed by atoms with E-state index in [1.54, 1.807) is 0 Å². The first-order valence-electron chi connectivity index (χ1n) is 14.2. The first-order chi connectivity index (χ1) is 20.0. The highest BCUT2D eigenvalue weighted by molar-refractivity contribution is 7.49. The lowest BCUT2D eigenvalue weighted by Crippen LogP contribution is -2.11. The molecule has 206 valence electrons. The predicted molar refractivity (Wildman–Crippen MR) is 169 cm³/mol. The van der Waals surface area contributed by atoms with Crippen LogP contribution >= 0.6 is 7.82 Å². The standard InChI is InChI=1S/C36H33O4P/c1-4-25-19-22-28-13-7-10-16-31(28)34(25)38-41(37,39-35-26(5-2)20-23-29-14-8-11-17-32(29)35)40-36-27(6-3)21-24-30-15-9-12-18-33(30)36/h7-24H,4-6H2,1-3H3. The Morgan fingerprint density at radius 1 is 0.439 bits per heavy atom. The topological polar surface area (TPSA) is 44.8 Å². The molecule has 0 atom stereocenters. The maximum absolute atomic E-state index is 15.2. The lowest BCUT2D eigenvalue weighted by Gasteiger charge is -2.25. The third kappa shape index (κ3) is 5.16. The van der Waals surface area contributed by atoms with Crippen molar-refractivity contribution in [1.82, 2.24) is 0 Å². The van der Waals surface area contributed by atoms with Crippen LogP contribution in [-0.2, 0) is 23.8 Å². The van der Waals surface area contributed by atoms with Crippen molar-refractivity contribution in [3.8, 4) is 17.2 Å². The van der Waals surface area contributed by atoms with Gasteiger partial charge in [0.25, 0.3) is 0 Å². The lowest BCUT2D eigenvalue weighted by molar-refractivity contribution is 0.299. The fourth-order valence-electron chi connectivity index (χ4n) is 5.41. The zero-order chi connectivity index (χ0) is 28.4. The molecule has 4 nitrogen and oxygen atoms in total. The lowest BCUT2D eigenvalue weighted by atomic mass is 10.0. The third-order valence-electron chi connectivity index (χ3n) is 7.64. The smallest absolute Gasteiger partial charge is 0.385 e. The molecule has 0 unspecified atom stereocenters. The van der Waals surface area contributed by atoms with Gasteiger partial charge >= 0.3 is 7.82 Å². The minimum Gasteiger partial charge on any atom is -0.385 e. The van der Waals surface area contributed by atoms with E-state index in [2.05, 4.69) is 39.0 Å². The van der Waals surface area contributed by atoms with Gasteiger partial charge in [-0.3, -0.25) is 0 Å². The summed E-state index contributed by atoms with van der Waals surface area (Å²) in [4.78, 5) is 0. The second kappa shape index (κ2) is 11.3. The fourth-order valence-corrected chi connectivity index (χ4v) is 6.84. The quantitative estimate of drug-likeness (QED) is 0.165. The number of phosphoric acid groups is 1. The molecule has 0 N–H and O–H groups in total. The largest absolute Gasteiger partial charge is 0.647 e. The Morgan fingerprint density at radius 3 is 1.02 bits per heavy atom. The second-order valence-electron chi connectivity index (χ2n) is 10.1. The van der Waals surface area contributed by atoms with Crippen molar-refractivity contribution in [2.24, 2.45) is 0 Å². The van der Waals surface area contributed by atoms with E-state index < -0.39 is 7.82 Å². The molecule has 0 fully saturated rings. The number of hydrogen-bond acceptors (Lipinski definition) is 4. The van der Waals surface area contributed by atoms with E-state index in [9.17, 15) is 0 Å². The number of aryl methyl sites for hydroxylation is 3. The van der Waals surface area contributed by atoms with Crippen LogP contribution < -0.4 is 13.6 Å². The van der Waals surface area contributed by atoms with Crippen molar-refractivity contribution in [3.05, 3.63) is 126 Å². The molecule has 0 amide bonds. The van der Waals surface area contributed by atoms with E-state index >= 15 is 4.57 Å². The highest BCUT2D eigenvalue weighted by Gasteiger charge is 2.37. The molecule has 6 aromatic carbocycles. The first kappa shape index (κ1) is 26.9. The molecule has 0 aromatic heterocycles. The van der Waals surface area contributed by atoms with Gasteiger partial charge in [-0.05, 0) is 52.1 Å². The molecule has 6 aromatic rings. The van der Waals surface area contributed by atoms with Crippen LogP contribution in [0, 0.1) is 0 Å². The summed E-state index contributed by atoms with van der Waals surface area (Å²) in [6.07, 6.45) is 2.09. The van der Waals surface area contributed by atoms with Crippen molar-refractivity contribution in [2.75, 3.05) is 0 Å². The second-order valence-corrected chi connectivity index (χ2v) is 11.5. The van der Waals surface area contributed by atoms with Gasteiger partial charge in [-0.1, -0.05) is 130 Å². The zero-order valence-corrected chi connectivity index (χ0v) is 24.5. The van der Waals surface area contributed by atoms with Crippen molar-refractivity contribution >= 4 is 40.1 Å². The number of benzene rings is 6. The molecule has 6 rings (SSSR count). The molecule has 0 aliphatic heterocycles. The molecule has 0 aliphatic rings. The van der Waals surface area contributed by atoms with Crippen LogP contribution in [0.3, 0.4) is 0 Å². The van der Waals surface area contributed by atoms with Crippen molar-refractivity contribution in [3.63, 3.8) is 0 Å². The van der Waals surface area contributed by atoms with Gasteiger partial charge in [0.2, 0.25) is 0 Å². The Bertz CT molecular complexity index is 1710. The molecule has 0 aliphatic carbocycles. The Balaban J connectivity index is 1.57. The van der Waals surface area contributed by atoms with E-state index in [0.29, 0.717) is 36.5 Å². The molecule has 0 spiro atoms. The summed E-state index contributed by atoms with van der Waals surface area (Å²) in [5, 5.41) is 5.56. The Kier molecular flexibility index (Phi) is 7.43. The summed E-state index contributed by atoms with van der Waals surface area (Å²) in [6.45, 7) is 6.18. The highest BCUT2D eigenvalue weighted by Crippen LogP contribution is 2.55. The number of hydrogen-bond donors (Lipinski definition) is 0. The molecule has 5 heteroatoms. The Morgan fingerprint density at radius 2 is 0.732 bits per heavy atom. The predicted octanol–water partition coefficient (Wildman–Crippen LogP) is 10.5. The molecule has 0 bridgehead atoms. The van der Waals surface area contributed by atoms with Crippen LogP contribution in [-0.4, -0.2) is 0 Å². The number of phosphoric ester groups is 1. The van der Waals surface area contributed by atoms with Crippen molar-refractivity contribution in [2.45, 2.75) is 40.0 Å². The third-order valence-corrected chi connectivity index (χ3v) is 8.85. The SMILES string of the molecule is CCc1ccc2ccccc2c1OP(=O)(Oc1c(CC)ccc2ccccc12)Oc1c(CC)ccc2ccccc12. The van der Waals surface area contributed by atoms with Gasteiger partial charge < -0.3 is 13.6 Å². The average Bonchev–Trinajstić information content (AvgIpc) is 3.01. The molecule has 0 saturated carbocycles. The van der Waals surface area contributed by atoms with Gasteiger partial charge in [0.1, 0.15) is 17.2 Å². The normalized spacial score (nSPS) is 11.7. The highest BCUT2D eigenvalue weighted by atomic mass is 31.2. The summed E-state index contributed by atoms with van der Waals surface area (Å²) in [7, 11) is -4.32. The van der Waals surface area contributed by atoms with Gasteiger partial charge in [-0.15, -0.1) is 0 Å². The molecular weight excluding hydrogens is 527 g/mol. The van der Waals surface area contributed by atoms with E-state index in [0.717, 1.165) is 49.0 Å². The Labute approximate surface area is 241 Å². The van der Waals surface area contributed by atoms with Gasteiger partial charge in [-0.2, -0.15) is 4.57 Å². The van der Waals surface area contributed by atoms with Crippen LogP contribution in [0.5, 0.6) is 17.2 Å². The summed E-state index contributed by atoms with van der Waals surface area (Å²) in [6, 6.07) is 36.1. The monoisotopic (exact) mass is 560 g/mol. The zero-order valence-electron chi connectivity index (χ0n) is 23.6. The van der Waals surface area contributed by atoms with Crippen LogP contribution in [0.1, 0.15) is 37.5 Å². The van der Waals surface area contributed by atoms with E-state index in [4.69, 9.17) is 13.6 Å². The van der Waals surface area contributed by atoms with Gasteiger partial charge in [-0.25, -0.2) is 0 Å². The van der Waals surface area contributed by atoms with Crippen LogP contribution in [0.4, 0.5) is 0 Å². The molecule has 0 heterocycles. The van der Waals surface area contributed by atoms with Crippen molar-refractivity contribution in [1.29, 1.82) is 0 Å². The molecule has 0 saturated heterocycles. The van der Waals surface area contributed by atoms with E-state index in [-0.39, 0.29) is 0 Å². The van der Waals surface area contributed by atoms with E-state index in [1.165, 1.54) is 0 Å². The van der Waals surface area contributed by atoms with Gasteiger partial charge in [0.05, 0.1) is 0 Å². The summed E-state index contributed by atoms with van der Waals surface area (Å²) in [5.41, 5.74) is 2.79. The molecule has 41 heavy (non-hydrogen) atoms. The average molecular weight is 561 g/mol. The molecular formula is C36H33O4P. The van der Waals surface area contributed by atoms with Gasteiger partial charge in [0, 0.05) is 16.2 Å². The first-order valence-corrected chi connectivity index (χ1v) is 15.7. The summed E-state index contributed by atoms with van der Waals surface area (Å²) in [5.74, 6) is 1.56. The minimum atomic E-state index is -4.32. The maximum atomic E-state index is 15.2. The number of fused-ring (bicyclic) bond motifs is 3. The number of rotatable bonds is 9. The van der Waals surface area contributed by atoms with Crippen LogP contribution in [0.2, 0.25) is 0 Å². The van der Waals surface area contributed by atoms with Crippen molar-refractivity contribution < 1.29 is 18.1 Å². The maximum Gasteiger partial charge on any atom is 0.647 e. The van der Waals surface area contributed by atoms with Gasteiger partial charge in [0.15, 0.2) is 0 Å². The van der Waals surface area contributed by atoms with Crippen LogP contribution in [0.25, 0.3) is 32.3 Å². The van der Waals surface area contributed by atoms with E-state index in [1.807, 2.05) is 91.0 Å². The minimum absolute atomic E-state index is 0.519. The fraction of sp³-hybridized carbons (Fsp3) is 0.167. The summed E-state index contributed by atoms with van der Waals surface area (Å²) >= 11 is 0. The Hall–Kier alpha value is -4.27. The molecule has 0 radical (unpaired) electrons. The van der Waals surface area contributed by atoms with Crippen LogP contribution in [0.15, 0.2) is 109 Å². The summed E-state index contributed by atoms with van der Waals surface area (Å²) < 4.78 is 34.8.